The van der Waals surface area contributed by atoms with Gasteiger partial charge in [-0.2, -0.15) is 13.2 Å². The molecule has 188 valence electrons. The molecule has 10 heteroatoms. The second kappa shape index (κ2) is 11.2. The first-order valence-electron chi connectivity index (χ1n) is 11.3. The van der Waals surface area contributed by atoms with E-state index in [0.717, 1.165) is 48.4 Å². The first-order chi connectivity index (χ1) is 17.3. The maximum Gasteiger partial charge on any atom is 0.416 e. The molecule has 0 aliphatic carbocycles. The van der Waals surface area contributed by atoms with E-state index < -0.39 is 17.6 Å². The SMILES string of the molecule is Cc1cc(CCc2coc(/C=C/c3ccc(C(F)(F)F)cc3F)n2)ccc1OCCCn1ccnn1. The highest BCUT2D eigenvalue weighted by Crippen LogP contribution is 2.30. The lowest BCUT2D eigenvalue weighted by Crippen LogP contribution is -2.06. The standard InChI is InChI=1S/C26H24F4N4O2/c1-18-15-19(4-9-24(18)35-14-2-12-34-13-11-31-33-34)3-8-22-17-36-25(32-22)10-6-20-5-7-21(16-23(20)27)26(28,29)30/h4-7,9-11,13,15-17H,2-3,8,12,14H2,1H3/b10-6+. The maximum absolute atomic E-state index is 14.0. The molecule has 2 aromatic heterocycles. The molecular weight excluding hydrogens is 476 g/mol. The minimum absolute atomic E-state index is 0.0129. The van der Waals surface area contributed by atoms with Gasteiger partial charge in [-0.3, -0.25) is 4.68 Å². The van der Waals surface area contributed by atoms with Gasteiger partial charge in [0.1, 0.15) is 17.8 Å². The van der Waals surface area contributed by atoms with Crippen LogP contribution in [0.1, 0.15) is 40.3 Å². The molecule has 0 aliphatic heterocycles. The van der Waals surface area contributed by atoms with Crippen LogP contribution in [0.4, 0.5) is 17.6 Å². The summed E-state index contributed by atoms with van der Waals surface area (Å²) in [5, 5.41) is 7.69. The predicted octanol–water partition coefficient (Wildman–Crippen LogP) is 6.16. The third-order valence-electron chi connectivity index (χ3n) is 5.47. The zero-order valence-corrected chi connectivity index (χ0v) is 19.5. The first-order valence-corrected chi connectivity index (χ1v) is 11.3. The molecule has 0 spiro atoms. The van der Waals surface area contributed by atoms with Crippen molar-refractivity contribution in [2.75, 3.05) is 6.61 Å². The van der Waals surface area contributed by atoms with Crippen LogP contribution in [0.25, 0.3) is 12.2 Å². The number of rotatable bonds is 10. The third-order valence-corrected chi connectivity index (χ3v) is 5.47. The maximum atomic E-state index is 14.0. The van der Waals surface area contributed by atoms with Crippen molar-refractivity contribution in [2.24, 2.45) is 0 Å². The summed E-state index contributed by atoms with van der Waals surface area (Å²) >= 11 is 0. The average molecular weight is 500 g/mol. The number of aryl methyl sites for hydroxylation is 4. The van der Waals surface area contributed by atoms with E-state index in [9.17, 15) is 17.6 Å². The van der Waals surface area contributed by atoms with E-state index in [1.165, 1.54) is 18.4 Å². The number of aromatic nitrogens is 4. The van der Waals surface area contributed by atoms with E-state index in [1.54, 1.807) is 10.9 Å². The summed E-state index contributed by atoms with van der Waals surface area (Å²) in [5.74, 6) is 0.114. The minimum atomic E-state index is -4.59. The van der Waals surface area contributed by atoms with Gasteiger partial charge >= 0.3 is 6.18 Å². The molecule has 0 N–H and O–H groups in total. The summed E-state index contributed by atoms with van der Waals surface area (Å²) in [6.45, 7) is 3.31. The number of nitrogens with zero attached hydrogens (tertiary/aromatic N) is 4. The van der Waals surface area contributed by atoms with Crippen molar-refractivity contribution >= 4 is 12.2 Å². The second-order valence-electron chi connectivity index (χ2n) is 8.21. The predicted molar refractivity (Wildman–Crippen MR) is 126 cm³/mol. The number of alkyl halides is 3. The van der Waals surface area contributed by atoms with Crippen molar-refractivity contribution in [1.82, 2.24) is 20.0 Å². The Hall–Kier alpha value is -3.95. The van der Waals surface area contributed by atoms with E-state index in [-0.39, 0.29) is 11.5 Å². The van der Waals surface area contributed by atoms with Gasteiger partial charge in [0, 0.05) is 30.8 Å². The normalized spacial score (nSPS) is 11.9. The summed E-state index contributed by atoms with van der Waals surface area (Å²) in [6.07, 6.45) is 5.32. The van der Waals surface area contributed by atoms with Crippen LogP contribution in [-0.2, 0) is 25.6 Å². The van der Waals surface area contributed by atoms with Gasteiger partial charge in [0.25, 0.3) is 0 Å². The minimum Gasteiger partial charge on any atom is -0.493 e. The lowest BCUT2D eigenvalue weighted by Gasteiger charge is -2.10. The van der Waals surface area contributed by atoms with Crippen molar-refractivity contribution in [3.05, 3.63) is 94.7 Å². The Morgan fingerprint density at radius 1 is 1.08 bits per heavy atom. The molecule has 0 bridgehead atoms. The fourth-order valence-corrected chi connectivity index (χ4v) is 3.58. The van der Waals surface area contributed by atoms with E-state index in [1.807, 2.05) is 25.3 Å². The molecule has 4 aromatic rings. The van der Waals surface area contributed by atoms with Crippen LogP contribution in [0.15, 0.2) is 59.5 Å². The highest BCUT2D eigenvalue weighted by atomic mass is 19.4. The van der Waals surface area contributed by atoms with Crippen LogP contribution < -0.4 is 4.74 Å². The van der Waals surface area contributed by atoms with Crippen molar-refractivity contribution < 1.29 is 26.7 Å². The van der Waals surface area contributed by atoms with E-state index in [4.69, 9.17) is 9.15 Å². The zero-order chi connectivity index (χ0) is 25.5. The van der Waals surface area contributed by atoms with Gasteiger partial charge in [-0.15, -0.1) is 5.10 Å². The van der Waals surface area contributed by atoms with Gasteiger partial charge in [0.2, 0.25) is 5.89 Å². The number of halogens is 4. The largest absolute Gasteiger partial charge is 0.493 e. The summed E-state index contributed by atoms with van der Waals surface area (Å²) in [6, 6.07) is 8.41. The molecule has 0 radical (unpaired) electrons. The molecule has 0 atom stereocenters. The molecule has 0 saturated heterocycles. The van der Waals surface area contributed by atoms with Gasteiger partial charge in [-0.1, -0.05) is 23.4 Å². The van der Waals surface area contributed by atoms with Gasteiger partial charge in [-0.05, 0) is 55.2 Å². The van der Waals surface area contributed by atoms with E-state index in [0.29, 0.717) is 24.8 Å². The molecule has 2 heterocycles. The van der Waals surface area contributed by atoms with Crippen molar-refractivity contribution in [3.8, 4) is 5.75 Å². The Morgan fingerprint density at radius 2 is 1.94 bits per heavy atom. The van der Waals surface area contributed by atoms with Crippen LogP contribution in [-0.4, -0.2) is 26.6 Å². The van der Waals surface area contributed by atoms with Crippen LogP contribution in [0, 0.1) is 12.7 Å². The van der Waals surface area contributed by atoms with Gasteiger partial charge in [0.05, 0.1) is 24.1 Å². The second-order valence-corrected chi connectivity index (χ2v) is 8.21. The summed E-state index contributed by atoms with van der Waals surface area (Å²) in [5.41, 5.74) is 1.85. The third kappa shape index (κ3) is 6.80. The van der Waals surface area contributed by atoms with E-state index in [2.05, 4.69) is 21.4 Å². The van der Waals surface area contributed by atoms with Crippen LogP contribution >= 0.6 is 0 Å². The van der Waals surface area contributed by atoms with Crippen LogP contribution in [0.3, 0.4) is 0 Å². The number of oxazole rings is 1. The monoisotopic (exact) mass is 500 g/mol. The number of hydrogen-bond donors (Lipinski definition) is 0. The number of ether oxygens (including phenoxy) is 1. The van der Waals surface area contributed by atoms with E-state index >= 15 is 0 Å². The molecule has 36 heavy (non-hydrogen) atoms. The number of hydrogen-bond acceptors (Lipinski definition) is 5. The van der Waals surface area contributed by atoms with Crippen molar-refractivity contribution in [1.29, 1.82) is 0 Å². The summed E-state index contributed by atoms with van der Waals surface area (Å²) in [4.78, 5) is 4.35. The molecule has 4 rings (SSSR count). The smallest absolute Gasteiger partial charge is 0.416 e. The van der Waals surface area contributed by atoms with Gasteiger partial charge in [-0.25, -0.2) is 9.37 Å². The lowest BCUT2D eigenvalue weighted by molar-refractivity contribution is -0.137. The van der Waals surface area contributed by atoms with Crippen molar-refractivity contribution in [2.45, 2.75) is 38.9 Å². The van der Waals surface area contributed by atoms with Gasteiger partial charge in [0.15, 0.2) is 0 Å². The molecule has 0 unspecified atom stereocenters. The van der Waals surface area contributed by atoms with Crippen molar-refractivity contribution in [3.63, 3.8) is 0 Å². The molecule has 0 aliphatic rings. The number of benzene rings is 2. The Bertz CT molecular complexity index is 1310. The molecule has 0 saturated carbocycles. The Kier molecular flexibility index (Phi) is 7.82. The Morgan fingerprint density at radius 3 is 2.67 bits per heavy atom. The molecule has 0 fully saturated rings. The van der Waals surface area contributed by atoms with Crippen LogP contribution in [0.5, 0.6) is 5.75 Å². The van der Waals surface area contributed by atoms with Gasteiger partial charge < -0.3 is 9.15 Å². The Labute approximate surface area is 205 Å². The highest BCUT2D eigenvalue weighted by molar-refractivity contribution is 5.66. The fourth-order valence-electron chi connectivity index (χ4n) is 3.58. The Balaban J connectivity index is 1.27. The fraction of sp³-hybridized carbons (Fsp3) is 0.269. The molecule has 2 aromatic carbocycles. The molecule has 6 nitrogen and oxygen atoms in total. The highest BCUT2D eigenvalue weighted by Gasteiger charge is 2.30. The lowest BCUT2D eigenvalue weighted by atomic mass is 10.1. The zero-order valence-electron chi connectivity index (χ0n) is 19.5. The molecule has 0 amide bonds. The summed E-state index contributed by atoms with van der Waals surface area (Å²) < 4.78 is 65.0. The quantitative estimate of drug-likeness (QED) is 0.193. The molecular formula is C26H24F4N4O2. The summed E-state index contributed by atoms with van der Waals surface area (Å²) in [7, 11) is 0. The first kappa shape index (κ1) is 25.2. The average Bonchev–Trinajstić information content (AvgIpc) is 3.52. The van der Waals surface area contributed by atoms with Crippen LogP contribution in [0.2, 0.25) is 0 Å². The topological polar surface area (TPSA) is 66.0 Å².